The maximum Gasteiger partial charge on any atom is 0.309 e. The Bertz CT molecular complexity index is 951. The highest BCUT2D eigenvalue weighted by Crippen LogP contribution is 2.30. The lowest BCUT2D eigenvalue weighted by Crippen LogP contribution is -2.29. The average Bonchev–Trinajstić information content (AvgIpc) is 3.23. The van der Waals surface area contributed by atoms with Crippen LogP contribution in [0.4, 0.5) is 16.2 Å². The SMILES string of the molecule is CCC(F)CNc1ncc(-c2cc(CC3CCOC3=O)ccn2)c(NC2CCC(O)CC2)n1. The van der Waals surface area contributed by atoms with Gasteiger partial charge in [0, 0.05) is 25.0 Å². The second-order valence-corrected chi connectivity index (χ2v) is 8.90. The van der Waals surface area contributed by atoms with Crippen molar-refractivity contribution in [1.29, 1.82) is 0 Å². The molecule has 0 bridgehead atoms. The molecule has 8 nitrogen and oxygen atoms in total. The maximum absolute atomic E-state index is 13.7. The molecule has 4 rings (SSSR count). The van der Waals surface area contributed by atoms with Gasteiger partial charge in [-0.25, -0.2) is 9.37 Å². The van der Waals surface area contributed by atoms with E-state index in [1.807, 2.05) is 12.1 Å². The summed E-state index contributed by atoms with van der Waals surface area (Å²) in [6.45, 7) is 2.42. The molecule has 1 saturated carbocycles. The van der Waals surface area contributed by atoms with Crippen molar-refractivity contribution in [1.82, 2.24) is 15.0 Å². The first kappa shape index (κ1) is 23.4. The first-order chi connectivity index (χ1) is 16.0. The van der Waals surface area contributed by atoms with Crippen molar-refractivity contribution in [3.05, 3.63) is 30.1 Å². The van der Waals surface area contributed by atoms with Gasteiger partial charge in [-0.05, 0) is 62.6 Å². The summed E-state index contributed by atoms with van der Waals surface area (Å²) in [5.41, 5.74) is 2.46. The highest BCUT2D eigenvalue weighted by molar-refractivity contribution is 5.75. The quantitative estimate of drug-likeness (QED) is 0.491. The smallest absolute Gasteiger partial charge is 0.309 e. The number of rotatable bonds is 9. The molecule has 0 spiro atoms. The van der Waals surface area contributed by atoms with Gasteiger partial charge >= 0.3 is 5.97 Å². The number of esters is 1. The van der Waals surface area contributed by atoms with Crippen molar-refractivity contribution in [2.75, 3.05) is 23.8 Å². The van der Waals surface area contributed by atoms with Gasteiger partial charge in [-0.1, -0.05) is 6.92 Å². The Morgan fingerprint density at radius 1 is 1.24 bits per heavy atom. The summed E-state index contributed by atoms with van der Waals surface area (Å²) in [5, 5.41) is 16.3. The van der Waals surface area contributed by atoms with Gasteiger partial charge in [0.05, 0.1) is 29.9 Å². The molecule has 2 fully saturated rings. The molecule has 2 aliphatic rings. The second kappa shape index (κ2) is 10.9. The van der Waals surface area contributed by atoms with E-state index < -0.39 is 6.17 Å². The Balaban J connectivity index is 1.57. The fourth-order valence-electron chi connectivity index (χ4n) is 4.28. The van der Waals surface area contributed by atoms with Gasteiger partial charge in [0.25, 0.3) is 0 Å². The maximum atomic E-state index is 13.7. The molecule has 3 N–H and O–H groups in total. The Morgan fingerprint density at radius 2 is 2.06 bits per heavy atom. The van der Waals surface area contributed by atoms with Gasteiger partial charge in [-0.3, -0.25) is 9.78 Å². The lowest BCUT2D eigenvalue weighted by molar-refractivity contribution is -0.141. The van der Waals surface area contributed by atoms with Crippen molar-refractivity contribution in [3.63, 3.8) is 0 Å². The lowest BCUT2D eigenvalue weighted by atomic mass is 9.93. The van der Waals surface area contributed by atoms with E-state index in [0.717, 1.165) is 43.2 Å². The van der Waals surface area contributed by atoms with Crippen LogP contribution < -0.4 is 10.6 Å². The van der Waals surface area contributed by atoms with Crippen molar-refractivity contribution >= 4 is 17.7 Å². The number of carbonyl (C=O) groups excluding carboxylic acids is 1. The van der Waals surface area contributed by atoms with E-state index in [4.69, 9.17) is 4.74 Å². The second-order valence-electron chi connectivity index (χ2n) is 8.90. The topological polar surface area (TPSA) is 109 Å². The number of halogens is 1. The van der Waals surface area contributed by atoms with Crippen molar-refractivity contribution in [2.45, 2.75) is 70.2 Å². The zero-order valence-corrected chi connectivity index (χ0v) is 19.0. The fraction of sp³-hybridized carbons (Fsp3) is 0.583. The minimum Gasteiger partial charge on any atom is -0.465 e. The number of aromatic nitrogens is 3. The normalized spacial score (nSPS) is 23.7. The summed E-state index contributed by atoms with van der Waals surface area (Å²) in [6, 6.07) is 4.05. The van der Waals surface area contributed by atoms with Crippen LogP contribution in [0.15, 0.2) is 24.5 Å². The Kier molecular flexibility index (Phi) is 7.69. The van der Waals surface area contributed by atoms with E-state index in [-0.39, 0.29) is 30.6 Å². The number of nitrogens with one attached hydrogen (secondary N) is 2. The Hall–Kier alpha value is -2.81. The number of alkyl halides is 1. The van der Waals surface area contributed by atoms with E-state index in [1.165, 1.54) is 0 Å². The van der Waals surface area contributed by atoms with Crippen LogP contribution in [0.3, 0.4) is 0 Å². The van der Waals surface area contributed by atoms with Gasteiger partial charge in [0.1, 0.15) is 12.0 Å². The monoisotopic (exact) mass is 457 g/mol. The van der Waals surface area contributed by atoms with E-state index >= 15 is 0 Å². The van der Waals surface area contributed by atoms with Crippen LogP contribution in [0.1, 0.15) is 51.0 Å². The van der Waals surface area contributed by atoms with Gasteiger partial charge in [0.2, 0.25) is 5.95 Å². The molecule has 0 aromatic carbocycles. The number of carbonyl (C=O) groups is 1. The van der Waals surface area contributed by atoms with E-state index in [9.17, 15) is 14.3 Å². The molecule has 9 heteroatoms. The lowest BCUT2D eigenvalue weighted by Gasteiger charge is -2.27. The zero-order valence-electron chi connectivity index (χ0n) is 19.0. The summed E-state index contributed by atoms with van der Waals surface area (Å²) in [4.78, 5) is 25.4. The Morgan fingerprint density at radius 3 is 2.79 bits per heavy atom. The predicted molar refractivity (Wildman–Crippen MR) is 124 cm³/mol. The molecule has 2 aromatic heterocycles. The first-order valence-electron chi connectivity index (χ1n) is 11.8. The number of aliphatic hydroxyl groups excluding tert-OH is 1. The van der Waals surface area contributed by atoms with Crippen LogP contribution in [0.2, 0.25) is 0 Å². The van der Waals surface area contributed by atoms with Gasteiger partial charge in [-0.2, -0.15) is 4.98 Å². The van der Waals surface area contributed by atoms with Crippen LogP contribution in [0.5, 0.6) is 0 Å². The minimum atomic E-state index is -0.967. The zero-order chi connectivity index (χ0) is 23.2. The predicted octanol–water partition coefficient (Wildman–Crippen LogP) is 3.52. The summed E-state index contributed by atoms with van der Waals surface area (Å²) in [7, 11) is 0. The highest BCUT2D eigenvalue weighted by atomic mass is 19.1. The molecule has 0 radical (unpaired) electrons. The standard InChI is InChI=1S/C24H32FN5O3/c1-2-17(25)13-27-24-28-14-20(22(30-24)29-18-3-5-19(31)6-4-18)21-12-15(7-9-26-21)11-16-8-10-33-23(16)32/h7,9,12,14,16-19,31H,2-6,8,10-11,13H2,1H3,(H2,27,28,29,30). The van der Waals surface area contributed by atoms with Crippen molar-refractivity contribution in [3.8, 4) is 11.3 Å². The van der Waals surface area contributed by atoms with Crippen LogP contribution in [0.25, 0.3) is 11.3 Å². The number of hydrogen-bond donors (Lipinski definition) is 3. The molecule has 178 valence electrons. The number of ether oxygens (including phenoxy) is 1. The van der Waals surface area contributed by atoms with Crippen molar-refractivity contribution in [2.24, 2.45) is 5.92 Å². The molecular weight excluding hydrogens is 425 g/mol. The first-order valence-corrected chi connectivity index (χ1v) is 11.8. The molecule has 2 atom stereocenters. The molecule has 33 heavy (non-hydrogen) atoms. The van der Waals surface area contributed by atoms with Crippen LogP contribution in [0, 0.1) is 5.92 Å². The summed E-state index contributed by atoms with van der Waals surface area (Å²) >= 11 is 0. The summed E-state index contributed by atoms with van der Waals surface area (Å²) in [5.74, 6) is 0.720. The van der Waals surface area contributed by atoms with Gasteiger partial charge < -0.3 is 20.5 Å². The molecule has 3 heterocycles. The molecule has 1 aliphatic heterocycles. The molecule has 2 unspecified atom stereocenters. The summed E-state index contributed by atoms with van der Waals surface area (Å²) < 4.78 is 18.8. The number of cyclic esters (lactones) is 1. The summed E-state index contributed by atoms with van der Waals surface area (Å²) in [6.07, 6.45) is 7.14. The van der Waals surface area contributed by atoms with E-state index in [0.29, 0.717) is 36.9 Å². The fourth-order valence-corrected chi connectivity index (χ4v) is 4.28. The van der Waals surface area contributed by atoms with Crippen molar-refractivity contribution < 1.29 is 19.0 Å². The molecule has 0 amide bonds. The third-order valence-corrected chi connectivity index (χ3v) is 6.38. The van der Waals surface area contributed by atoms with Gasteiger partial charge in [-0.15, -0.1) is 0 Å². The Labute approximate surface area is 193 Å². The number of pyridine rings is 1. The molecule has 2 aromatic rings. The average molecular weight is 458 g/mol. The number of hydrogen-bond acceptors (Lipinski definition) is 8. The van der Waals surface area contributed by atoms with Crippen LogP contribution in [-0.2, 0) is 16.0 Å². The largest absolute Gasteiger partial charge is 0.465 e. The minimum absolute atomic E-state index is 0.124. The van der Waals surface area contributed by atoms with E-state index in [1.54, 1.807) is 19.3 Å². The number of nitrogens with zero attached hydrogens (tertiary/aromatic N) is 3. The van der Waals surface area contributed by atoms with E-state index in [2.05, 4.69) is 25.6 Å². The molecule has 1 aliphatic carbocycles. The molecule has 1 saturated heterocycles. The van der Waals surface area contributed by atoms with Crippen LogP contribution in [-0.4, -0.2) is 57.5 Å². The third kappa shape index (κ3) is 6.16. The number of aliphatic hydroxyl groups is 1. The third-order valence-electron chi connectivity index (χ3n) is 6.38. The van der Waals surface area contributed by atoms with Crippen LogP contribution >= 0.6 is 0 Å². The van der Waals surface area contributed by atoms with Gasteiger partial charge in [0.15, 0.2) is 0 Å². The highest BCUT2D eigenvalue weighted by Gasteiger charge is 2.27. The number of anilines is 2. The molecular formula is C24H32FN5O3.